The first-order valence-corrected chi connectivity index (χ1v) is 4.83. The van der Waals surface area contributed by atoms with Gasteiger partial charge in [-0.25, -0.2) is 9.89 Å². The standard InChI is InChI=1S/C9H17N5O/c1-6(2)7(3)12-14-8(13(4)5)10-11-9(14)15/h6H,1-5H3,(H,11,15). The third kappa shape index (κ3) is 2.45. The monoisotopic (exact) mass is 211 g/mol. The van der Waals surface area contributed by atoms with Crippen molar-refractivity contribution >= 4 is 11.7 Å². The second-order valence-corrected chi connectivity index (χ2v) is 3.93. The van der Waals surface area contributed by atoms with Crippen molar-refractivity contribution in [2.75, 3.05) is 19.0 Å². The number of hydrogen-bond donors (Lipinski definition) is 1. The van der Waals surface area contributed by atoms with Crippen LogP contribution < -0.4 is 10.6 Å². The van der Waals surface area contributed by atoms with Crippen LogP contribution in [0.5, 0.6) is 0 Å². The van der Waals surface area contributed by atoms with Crippen molar-refractivity contribution in [1.29, 1.82) is 0 Å². The minimum atomic E-state index is -0.321. The first-order valence-electron chi connectivity index (χ1n) is 4.83. The van der Waals surface area contributed by atoms with Gasteiger partial charge in [-0.1, -0.05) is 13.8 Å². The quantitative estimate of drug-likeness (QED) is 0.741. The summed E-state index contributed by atoms with van der Waals surface area (Å²) < 4.78 is 1.27. The molecule has 0 spiro atoms. The van der Waals surface area contributed by atoms with Crippen LogP contribution in [-0.4, -0.2) is 34.7 Å². The SMILES string of the molecule is CC(=Nn1c(N(C)C)n[nH]c1=O)C(C)C. The Bertz CT molecular complexity index is 412. The van der Waals surface area contributed by atoms with Crippen molar-refractivity contribution in [3.05, 3.63) is 10.5 Å². The van der Waals surface area contributed by atoms with Gasteiger partial charge in [0.2, 0.25) is 5.95 Å². The molecule has 1 aromatic heterocycles. The lowest BCUT2D eigenvalue weighted by molar-refractivity contribution is 0.775. The number of rotatable bonds is 3. The van der Waals surface area contributed by atoms with E-state index in [1.807, 2.05) is 34.9 Å². The van der Waals surface area contributed by atoms with E-state index in [0.29, 0.717) is 11.9 Å². The molecule has 1 N–H and O–H groups in total. The number of aromatic nitrogens is 3. The van der Waals surface area contributed by atoms with Crippen LogP contribution in [0.15, 0.2) is 9.90 Å². The van der Waals surface area contributed by atoms with E-state index in [0.717, 1.165) is 5.71 Å². The van der Waals surface area contributed by atoms with E-state index < -0.39 is 0 Å². The highest BCUT2D eigenvalue weighted by Gasteiger charge is 2.09. The zero-order valence-corrected chi connectivity index (χ0v) is 9.77. The predicted octanol–water partition coefficient (Wildman–Crippen LogP) is 0.517. The fourth-order valence-electron chi connectivity index (χ4n) is 0.936. The molecule has 1 aromatic rings. The van der Waals surface area contributed by atoms with Crippen LogP contribution in [0, 0.1) is 5.92 Å². The Balaban J connectivity index is 3.19. The van der Waals surface area contributed by atoms with E-state index in [9.17, 15) is 4.79 Å². The lowest BCUT2D eigenvalue weighted by atomic mass is 10.1. The molecule has 15 heavy (non-hydrogen) atoms. The average Bonchev–Trinajstić information content (AvgIpc) is 2.48. The highest BCUT2D eigenvalue weighted by atomic mass is 16.2. The van der Waals surface area contributed by atoms with Gasteiger partial charge in [0.05, 0.1) is 0 Å². The number of H-pyrrole nitrogens is 1. The molecule has 0 unspecified atom stereocenters. The van der Waals surface area contributed by atoms with Gasteiger partial charge in [-0.05, 0) is 12.8 Å². The van der Waals surface area contributed by atoms with Crippen LogP contribution in [0.25, 0.3) is 0 Å². The fourth-order valence-corrected chi connectivity index (χ4v) is 0.936. The molecular formula is C9H17N5O. The van der Waals surface area contributed by atoms with Crippen molar-refractivity contribution in [3.8, 4) is 0 Å². The van der Waals surface area contributed by atoms with Crippen LogP contribution in [0.1, 0.15) is 20.8 Å². The lowest BCUT2D eigenvalue weighted by Crippen LogP contribution is -2.21. The van der Waals surface area contributed by atoms with E-state index >= 15 is 0 Å². The Morgan fingerprint density at radius 1 is 1.53 bits per heavy atom. The summed E-state index contributed by atoms with van der Waals surface area (Å²) in [5, 5.41) is 10.5. The maximum absolute atomic E-state index is 11.4. The summed E-state index contributed by atoms with van der Waals surface area (Å²) in [6.45, 7) is 5.95. The molecule has 0 aromatic carbocycles. The van der Waals surface area contributed by atoms with Gasteiger partial charge in [0.15, 0.2) is 0 Å². The molecule has 0 radical (unpaired) electrons. The van der Waals surface area contributed by atoms with Crippen LogP contribution in [0.2, 0.25) is 0 Å². The summed E-state index contributed by atoms with van der Waals surface area (Å²) in [6.07, 6.45) is 0. The maximum Gasteiger partial charge on any atom is 0.365 e. The first-order chi connectivity index (χ1) is 6.93. The van der Waals surface area contributed by atoms with Gasteiger partial charge in [0, 0.05) is 19.8 Å². The van der Waals surface area contributed by atoms with E-state index in [2.05, 4.69) is 15.3 Å². The van der Waals surface area contributed by atoms with Gasteiger partial charge >= 0.3 is 5.69 Å². The number of nitrogens with one attached hydrogen (secondary N) is 1. The Morgan fingerprint density at radius 3 is 2.60 bits per heavy atom. The molecule has 0 aliphatic carbocycles. The summed E-state index contributed by atoms with van der Waals surface area (Å²) in [7, 11) is 3.62. The van der Waals surface area contributed by atoms with Crippen molar-refractivity contribution < 1.29 is 0 Å². The minimum Gasteiger partial charge on any atom is -0.346 e. The molecule has 0 amide bonds. The Morgan fingerprint density at radius 2 is 2.13 bits per heavy atom. The van der Waals surface area contributed by atoms with Crippen molar-refractivity contribution in [2.45, 2.75) is 20.8 Å². The third-order valence-electron chi connectivity index (χ3n) is 2.13. The van der Waals surface area contributed by atoms with Crippen LogP contribution >= 0.6 is 0 Å². The number of hydrogen-bond acceptors (Lipinski definition) is 4. The molecule has 1 rings (SSSR count). The van der Waals surface area contributed by atoms with Crippen LogP contribution in [0.3, 0.4) is 0 Å². The molecular weight excluding hydrogens is 194 g/mol. The van der Waals surface area contributed by atoms with Gasteiger partial charge in [0.1, 0.15) is 0 Å². The molecule has 0 atom stereocenters. The maximum atomic E-state index is 11.4. The smallest absolute Gasteiger partial charge is 0.346 e. The molecule has 0 saturated carbocycles. The molecule has 0 bridgehead atoms. The van der Waals surface area contributed by atoms with Crippen molar-refractivity contribution in [1.82, 2.24) is 14.9 Å². The molecule has 0 aliphatic heterocycles. The van der Waals surface area contributed by atoms with E-state index in [1.54, 1.807) is 4.90 Å². The second-order valence-electron chi connectivity index (χ2n) is 3.93. The highest BCUT2D eigenvalue weighted by molar-refractivity contribution is 5.83. The zero-order valence-electron chi connectivity index (χ0n) is 9.77. The molecule has 0 saturated heterocycles. The molecule has 84 valence electrons. The van der Waals surface area contributed by atoms with Crippen molar-refractivity contribution in [3.63, 3.8) is 0 Å². The van der Waals surface area contributed by atoms with Gasteiger partial charge in [-0.3, -0.25) is 0 Å². The van der Waals surface area contributed by atoms with Crippen LogP contribution in [0.4, 0.5) is 5.95 Å². The summed E-state index contributed by atoms with van der Waals surface area (Å²) in [4.78, 5) is 13.1. The molecule has 6 nitrogen and oxygen atoms in total. The molecule has 0 aliphatic rings. The predicted molar refractivity (Wildman–Crippen MR) is 60.5 cm³/mol. The largest absolute Gasteiger partial charge is 0.365 e. The molecule has 1 heterocycles. The topological polar surface area (TPSA) is 66.3 Å². The average molecular weight is 211 g/mol. The van der Waals surface area contributed by atoms with Gasteiger partial charge in [-0.15, -0.1) is 9.77 Å². The lowest BCUT2D eigenvalue weighted by Gasteiger charge is -2.10. The zero-order chi connectivity index (χ0) is 11.6. The Kier molecular flexibility index (Phi) is 3.28. The number of aromatic amines is 1. The minimum absolute atomic E-state index is 0.307. The summed E-state index contributed by atoms with van der Waals surface area (Å²) in [5.74, 6) is 0.807. The van der Waals surface area contributed by atoms with Gasteiger partial charge in [-0.2, -0.15) is 5.10 Å². The third-order valence-corrected chi connectivity index (χ3v) is 2.13. The van der Waals surface area contributed by atoms with Crippen LogP contribution in [-0.2, 0) is 0 Å². The first kappa shape index (κ1) is 11.5. The summed E-state index contributed by atoms with van der Waals surface area (Å²) in [6, 6.07) is 0. The molecule has 0 fully saturated rings. The Hall–Kier alpha value is -1.59. The van der Waals surface area contributed by atoms with E-state index in [4.69, 9.17) is 0 Å². The van der Waals surface area contributed by atoms with Gasteiger partial charge in [0.25, 0.3) is 0 Å². The number of anilines is 1. The Labute approximate surface area is 88.6 Å². The number of nitrogens with zero attached hydrogens (tertiary/aromatic N) is 4. The van der Waals surface area contributed by atoms with E-state index in [1.165, 1.54) is 4.68 Å². The van der Waals surface area contributed by atoms with Gasteiger partial charge < -0.3 is 4.90 Å². The fraction of sp³-hybridized carbons (Fsp3) is 0.667. The molecule has 6 heteroatoms. The normalized spacial score (nSPS) is 12.3. The summed E-state index contributed by atoms with van der Waals surface area (Å²) in [5.41, 5.74) is 0.570. The highest BCUT2D eigenvalue weighted by Crippen LogP contribution is 2.04. The summed E-state index contributed by atoms with van der Waals surface area (Å²) >= 11 is 0. The second kappa shape index (κ2) is 4.29. The van der Waals surface area contributed by atoms with Crippen molar-refractivity contribution in [2.24, 2.45) is 11.0 Å². The van der Waals surface area contributed by atoms with E-state index in [-0.39, 0.29) is 5.69 Å².